The van der Waals surface area contributed by atoms with Gasteiger partial charge >= 0.3 is 0 Å². The van der Waals surface area contributed by atoms with Crippen molar-refractivity contribution in [3.63, 3.8) is 0 Å². The van der Waals surface area contributed by atoms with E-state index >= 15 is 0 Å². The zero-order chi connectivity index (χ0) is 15.4. The third kappa shape index (κ3) is 3.79. The molecule has 122 valence electrons. The fraction of sp³-hybridized carbons (Fsp3) is 0.667. The van der Waals surface area contributed by atoms with E-state index in [0.29, 0.717) is 6.10 Å². The summed E-state index contributed by atoms with van der Waals surface area (Å²) in [7, 11) is 0. The van der Waals surface area contributed by atoms with Crippen molar-refractivity contribution in [2.75, 3.05) is 31.1 Å². The molecule has 2 saturated heterocycles. The summed E-state index contributed by atoms with van der Waals surface area (Å²) in [6.07, 6.45) is 6.20. The van der Waals surface area contributed by atoms with Gasteiger partial charge in [-0.1, -0.05) is 6.07 Å². The molecule has 0 saturated carbocycles. The Morgan fingerprint density at radius 1 is 1.27 bits per heavy atom. The quantitative estimate of drug-likeness (QED) is 0.899. The number of benzene rings is 1. The van der Waals surface area contributed by atoms with Crippen molar-refractivity contribution < 1.29 is 9.13 Å². The van der Waals surface area contributed by atoms with Gasteiger partial charge in [-0.3, -0.25) is 0 Å². The van der Waals surface area contributed by atoms with Crippen molar-refractivity contribution in [1.29, 1.82) is 0 Å². The third-order valence-corrected chi connectivity index (χ3v) is 4.84. The lowest BCUT2D eigenvalue weighted by atomic mass is 10.1. The van der Waals surface area contributed by atoms with Crippen LogP contribution in [-0.4, -0.2) is 32.3 Å². The Bertz CT molecular complexity index is 482. The first kappa shape index (κ1) is 15.8. The highest BCUT2D eigenvalue weighted by Gasteiger charge is 2.18. The normalized spacial score (nSPS) is 23.7. The lowest BCUT2D eigenvalue weighted by molar-refractivity contribution is 0.108. The predicted octanol–water partition coefficient (Wildman–Crippen LogP) is 3.65. The molecule has 4 heteroatoms. The molecule has 0 aromatic heterocycles. The van der Waals surface area contributed by atoms with E-state index in [1.54, 1.807) is 6.07 Å². The number of anilines is 1. The van der Waals surface area contributed by atoms with E-state index in [1.807, 2.05) is 6.07 Å². The van der Waals surface area contributed by atoms with Crippen molar-refractivity contribution in [1.82, 2.24) is 5.32 Å². The van der Waals surface area contributed by atoms with Gasteiger partial charge in [-0.05, 0) is 56.7 Å². The van der Waals surface area contributed by atoms with Gasteiger partial charge in [0.1, 0.15) is 5.82 Å². The van der Waals surface area contributed by atoms with Crippen LogP contribution in [0.1, 0.15) is 50.6 Å². The molecule has 0 amide bonds. The second-order valence-corrected chi connectivity index (χ2v) is 6.52. The molecular weight excluding hydrogens is 279 g/mol. The van der Waals surface area contributed by atoms with Gasteiger partial charge in [0.25, 0.3) is 0 Å². The van der Waals surface area contributed by atoms with Crippen molar-refractivity contribution in [3.05, 3.63) is 29.6 Å². The largest absolute Gasteiger partial charge is 0.377 e. The number of halogens is 1. The van der Waals surface area contributed by atoms with Crippen LogP contribution in [-0.2, 0) is 4.74 Å². The summed E-state index contributed by atoms with van der Waals surface area (Å²) in [5, 5.41) is 3.46. The average Bonchev–Trinajstić information content (AvgIpc) is 3.07. The van der Waals surface area contributed by atoms with E-state index in [4.69, 9.17) is 4.74 Å². The van der Waals surface area contributed by atoms with Crippen molar-refractivity contribution in [2.45, 2.75) is 51.2 Å². The minimum absolute atomic E-state index is 0.0924. The Balaban J connectivity index is 1.60. The van der Waals surface area contributed by atoms with Crippen LogP contribution in [0, 0.1) is 5.82 Å². The molecule has 1 N–H and O–H groups in total. The molecule has 2 atom stereocenters. The summed E-state index contributed by atoms with van der Waals surface area (Å²) < 4.78 is 20.1. The predicted molar refractivity (Wildman–Crippen MR) is 87.9 cm³/mol. The molecular formula is C18H27FN2O. The second kappa shape index (κ2) is 7.42. The Hall–Kier alpha value is -1.13. The highest BCUT2D eigenvalue weighted by molar-refractivity contribution is 5.49. The molecule has 2 fully saturated rings. The number of hydrogen-bond donors (Lipinski definition) is 1. The van der Waals surface area contributed by atoms with Gasteiger partial charge in [0.15, 0.2) is 0 Å². The van der Waals surface area contributed by atoms with E-state index in [9.17, 15) is 4.39 Å². The molecule has 0 aliphatic carbocycles. The van der Waals surface area contributed by atoms with Gasteiger partial charge in [-0.2, -0.15) is 0 Å². The number of rotatable bonds is 5. The van der Waals surface area contributed by atoms with Gasteiger partial charge in [0, 0.05) is 32.3 Å². The highest BCUT2D eigenvalue weighted by atomic mass is 19.1. The van der Waals surface area contributed by atoms with Gasteiger partial charge in [-0.25, -0.2) is 4.39 Å². The van der Waals surface area contributed by atoms with E-state index in [2.05, 4.69) is 23.2 Å². The van der Waals surface area contributed by atoms with Gasteiger partial charge in [0.2, 0.25) is 0 Å². The summed E-state index contributed by atoms with van der Waals surface area (Å²) in [6, 6.07) is 5.84. The Labute approximate surface area is 132 Å². The molecule has 0 spiro atoms. The zero-order valence-corrected chi connectivity index (χ0v) is 13.5. The number of hydrogen-bond acceptors (Lipinski definition) is 3. The Morgan fingerprint density at radius 3 is 2.77 bits per heavy atom. The molecule has 0 unspecified atom stereocenters. The average molecular weight is 306 g/mol. The summed E-state index contributed by atoms with van der Waals surface area (Å²) in [5.41, 5.74) is 1.77. The minimum atomic E-state index is -0.0924. The van der Waals surface area contributed by atoms with Gasteiger partial charge in [0.05, 0.1) is 11.8 Å². The maximum Gasteiger partial charge on any atom is 0.146 e. The number of nitrogens with zero attached hydrogens (tertiary/aromatic N) is 1. The van der Waals surface area contributed by atoms with Crippen LogP contribution in [0.5, 0.6) is 0 Å². The molecule has 1 aromatic rings. The molecule has 2 heterocycles. The van der Waals surface area contributed by atoms with Crippen LogP contribution in [0.4, 0.5) is 10.1 Å². The van der Waals surface area contributed by atoms with Crippen LogP contribution >= 0.6 is 0 Å². The van der Waals surface area contributed by atoms with E-state index in [0.717, 1.165) is 50.3 Å². The van der Waals surface area contributed by atoms with Crippen molar-refractivity contribution in [2.24, 2.45) is 0 Å². The molecule has 0 radical (unpaired) electrons. The van der Waals surface area contributed by atoms with E-state index in [1.165, 1.54) is 19.3 Å². The third-order valence-electron chi connectivity index (χ3n) is 4.84. The van der Waals surface area contributed by atoms with Crippen molar-refractivity contribution in [3.8, 4) is 0 Å². The topological polar surface area (TPSA) is 24.5 Å². The highest BCUT2D eigenvalue weighted by Crippen LogP contribution is 2.26. The smallest absolute Gasteiger partial charge is 0.146 e. The van der Waals surface area contributed by atoms with Gasteiger partial charge < -0.3 is 15.0 Å². The Kier molecular flexibility index (Phi) is 5.32. The Morgan fingerprint density at radius 2 is 2.09 bits per heavy atom. The number of ether oxygens (including phenoxy) is 1. The van der Waals surface area contributed by atoms with Crippen LogP contribution < -0.4 is 10.2 Å². The van der Waals surface area contributed by atoms with E-state index < -0.39 is 0 Å². The first-order valence-corrected chi connectivity index (χ1v) is 8.63. The summed E-state index contributed by atoms with van der Waals surface area (Å²) in [5.74, 6) is -0.0924. The molecule has 3 rings (SSSR count). The maximum atomic E-state index is 14.4. The first-order chi connectivity index (χ1) is 10.7. The van der Waals surface area contributed by atoms with E-state index in [-0.39, 0.29) is 11.9 Å². The molecule has 22 heavy (non-hydrogen) atoms. The molecule has 2 aliphatic rings. The lowest BCUT2D eigenvalue weighted by Crippen LogP contribution is -2.30. The minimum Gasteiger partial charge on any atom is -0.377 e. The van der Waals surface area contributed by atoms with Crippen LogP contribution in [0.2, 0.25) is 0 Å². The number of nitrogens with one attached hydrogen (secondary N) is 1. The summed E-state index contributed by atoms with van der Waals surface area (Å²) >= 11 is 0. The molecule has 0 bridgehead atoms. The van der Waals surface area contributed by atoms with Gasteiger partial charge in [-0.15, -0.1) is 0 Å². The number of piperidine rings is 1. The van der Waals surface area contributed by atoms with Crippen molar-refractivity contribution >= 4 is 5.69 Å². The second-order valence-electron chi connectivity index (χ2n) is 6.52. The van der Waals surface area contributed by atoms with Crippen LogP contribution in [0.25, 0.3) is 0 Å². The monoisotopic (exact) mass is 306 g/mol. The fourth-order valence-electron chi connectivity index (χ4n) is 3.42. The maximum absolute atomic E-state index is 14.4. The summed E-state index contributed by atoms with van der Waals surface area (Å²) in [6.45, 7) is 5.76. The zero-order valence-electron chi connectivity index (χ0n) is 13.5. The standard InChI is InChI=1S/C18H27FN2O/c1-14(20-13-16-6-5-11-22-16)15-7-8-18(17(19)12-15)21-9-3-2-4-10-21/h7-8,12,14,16,20H,2-6,9-11,13H2,1H3/t14-,16-/m1/s1. The SMILES string of the molecule is C[C@@H](NC[C@H]1CCCO1)c1ccc(N2CCCCC2)c(F)c1. The molecule has 1 aromatic carbocycles. The first-order valence-electron chi connectivity index (χ1n) is 8.63. The van der Waals surface area contributed by atoms with Crippen LogP contribution in [0.3, 0.4) is 0 Å². The summed E-state index contributed by atoms with van der Waals surface area (Å²) in [4.78, 5) is 2.17. The lowest BCUT2D eigenvalue weighted by Gasteiger charge is -2.29. The fourth-order valence-corrected chi connectivity index (χ4v) is 3.42. The molecule has 2 aliphatic heterocycles. The molecule has 3 nitrogen and oxygen atoms in total. The van der Waals surface area contributed by atoms with Crippen LogP contribution in [0.15, 0.2) is 18.2 Å².